The number of amides is 2. The molecule has 7 nitrogen and oxygen atoms in total. The van der Waals surface area contributed by atoms with E-state index in [1.807, 2.05) is 6.92 Å². The summed E-state index contributed by atoms with van der Waals surface area (Å²) in [5.41, 5.74) is 1.13. The van der Waals surface area contributed by atoms with E-state index in [9.17, 15) is 9.59 Å². The van der Waals surface area contributed by atoms with Gasteiger partial charge in [-0.2, -0.15) is 0 Å². The van der Waals surface area contributed by atoms with E-state index in [1.54, 1.807) is 36.5 Å². The van der Waals surface area contributed by atoms with E-state index in [0.717, 1.165) is 0 Å². The number of piperazine rings is 1. The van der Waals surface area contributed by atoms with Gasteiger partial charge >= 0.3 is 0 Å². The molecule has 0 saturated carbocycles. The van der Waals surface area contributed by atoms with Gasteiger partial charge in [-0.15, -0.1) is 0 Å². The van der Waals surface area contributed by atoms with Gasteiger partial charge in [-0.05, 0) is 31.2 Å². The Kier molecular flexibility index (Phi) is 7.30. The van der Waals surface area contributed by atoms with E-state index < -0.39 is 0 Å². The average molecular weight is 436 g/mol. The molecule has 0 unspecified atom stereocenters. The monoisotopic (exact) mass is 435 g/mol. The second-order valence-electron chi connectivity index (χ2n) is 6.71. The van der Waals surface area contributed by atoms with Gasteiger partial charge in [0.05, 0.1) is 16.6 Å². The fourth-order valence-electron chi connectivity index (χ4n) is 3.16. The van der Waals surface area contributed by atoms with E-state index in [2.05, 4.69) is 25.4 Å². The topological polar surface area (TPSA) is 77.6 Å². The van der Waals surface area contributed by atoms with Gasteiger partial charge in [0, 0.05) is 50.2 Å². The van der Waals surface area contributed by atoms with Crippen molar-refractivity contribution in [2.45, 2.75) is 6.92 Å². The molecule has 1 saturated heterocycles. The number of carbonyl (C=O) groups is 2. The van der Waals surface area contributed by atoms with Gasteiger partial charge in [0.15, 0.2) is 0 Å². The van der Waals surface area contributed by atoms with E-state index in [4.69, 9.17) is 23.2 Å². The summed E-state index contributed by atoms with van der Waals surface area (Å²) < 4.78 is 0. The lowest BCUT2D eigenvalue weighted by molar-refractivity contribution is -0.117. The predicted octanol–water partition coefficient (Wildman–Crippen LogP) is 2.90. The molecular formula is C20H23Cl2N5O2. The summed E-state index contributed by atoms with van der Waals surface area (Å²) in [6.45, 7) is 5.56. The largest absolute Gasteiger partial charge is 0.353 e. The first-order valence-corrected chi connectivity index (χ1v) is 10.2. The van der Waals surface area contributed by atoms with Crippen LogP contribution in [0.15, 0.2) is 36.5 Å². The molecular weight excluding hydrogens is 413 g/mol. The molecule has 1 aromatic heterocycles. The lowest BCUT2D eigenvalue weighted by Crippen LogP contribution is -2.49. The maximum absolute atomic E-state index is 12.4. The number of hydrogen-bond donors (Lipinski definition) is 2. The molecule has 1 aliphatic heterocycles. The highest BCUT2D eigenvalue weighted by molar-refractivity contribution is 6.36. The fraction of sp³-hybridized carbons (Fsp3) is 0.350. The standard InChI is InChI=1S/C20H23Cl2N5O2/c1-2-23-20(29)14-4-3-5-16(10-14)25-18(28)13-26-6-8-27(9-7-26)19-17(22)11-15(21)12-24-19/h3-5,10-12H,2,6-9,13H2,1H3,(H,23,29)(H,25,28). The second kappa shape index (κ2) is 9.91. The van der Waals surface area contributed by atoms with E-state index in [-0.39, 0.29) is 18.4 Å². The molecule has 0 aliphatic carbocycles. The van der Waals surface area contributed by atoms with Crippen LogP contribution in [0.5, 0.6) is 0 Å². The fourth-order valence-corrected chi connectivity index (χ4v) is 3.66. The van der Waals surface area contributed by atoms with Crippen LogP contribution >= 0.6 is 23.2 Å². The van der Waals surface area contributed by atoms with Crippen molar-refractivity contribution < 1.29 is 9.59 Å². The van der Waals surface area contributed by atoms with Crippen LogP contribution in [-0.4, -0.2) is 61.0 Å². The van der Waals surface area contributed by atoms with Crippen LogP contribution in [0.25, 0.3) is 0 Å². The van der Waals surface area contributed by atoms with Crippen molar-refractivity contribution in [1.29, 1.82) is 0 Å². The van der Waals surface area contributed by atoms with Crippen molar-refractivity contribution in [3.63, 3.8) is 0 Å². The van der Waals surface area contributed by atoms with Crippen LogP contribution in [0.3, 0.4) is 0 Å². The molecule has 2 N–H and O–H groups in total. The number of aromatic nitrogens is 1. The minimum absolute atomic E-state index is 0.117. The Morgan fingerprint density at radius 1 is 1.14 bits per heavy atom. The summed E-state index contributed by atoms with van der Waals surface area (Å²) in [6.07, 6.45) is 1.58. The summed E-state index contributed by atoms with van der Waals surface area (Å²) in [4.78, 5) is 32.8. The zero-order chi connectivity index (χ0) is 20.8. The first-order chi connectivity index (χ1) is 14.0. The Morgan fingerprint density at radius 3 is 2.59 bits per heavy atom. The van der Waals surface area contributed by atoms with Crippen LogP contribution in [0, 0.1) is 0 Å². The molecule has 1 aliphatic rings. The number of benzene rings is 1. The first kappa shape index (κ1) is 21.4. The second-order valence-corrected chi connectivity index (χ2v) is 7.55. The van der Waals surface area contributed by atoms with Crippen LogP contribution in [-0.2, 0) is 4.79 Å². The van der Waals surface area contributed by atoms with Gasteiger partial charge in [0.1, 0.15) is 5.82 Å². The summed E-state index contributed by atoms with van der Waals surface area (Å²) in [7, 11) is 0. The normalized spacial score (nSPS) is 14.5. The van der Waals surface area contributed by atoms with E-state index in [0.29, 0.717) is 59.8 Å². The summed E-state index contributed by atoms with van der Waals surface area (Å²) >= 11 is 12.1. The molecule has 0 bridgehead atoms. The highest BCUT2D eigenvalue weighted by Gasteiger charge is 2.21. The molecule has 2 heterocycles. The molecule has 29 heavy (non-hydrogen) atoms. The highest BCUT2D eigenvalue weighted by Crippen LogP contribution is 2.26. The van der Waals surface area contributed by atoms with Crippen molar-refractivity contribution in [3.05, 3.63) is 52.1 Å². The molecule has 0 atom stereocenters. The SMILES string of the molecule is CCNC(=O)c1cccc(NC(=O)CN2CCN(c3ncc(Cl)cc3Cl)CC2)c1. The lowest BCUT2D eigenvalue weighted by Gasteiger charge is -2.35. The number of halogens is 2. The van der Waals surface area contributed by atoms with Gasteiger partial charge in [-0.25, -0.2) is 4.98 Å². The predicted molar refractivity (Wildman–Crippen MR) is 116 cm³/mol. The molecule has 2 amide bonds. The Morgan fingerprint density at radius 2 is 1.90 bits per heavy atom. The Hall–Kier alpha value is -2.35. The number of nitrogens with zero attached hydrogens (tertiary/aromatic N) is 3. The molecule has 2 aromatic rings. The summed E-state index contributed by atoms with van der Waals surface area (Å²) in [6, 6.07) is 8.60. The number of anilines is 2. The maximum atomic E-state index is 12.4. The van der Waals surface area contributed by atoms with Gasteiger partial charge in [-0.1, -0.05) is 29.3 Å². The summed E-state index contributed by atoms with van der Waals surface area (Å²) in [5.74, 6) is 0.436. The third-order valence-electron chi connectivity index (χ3n) is 4.57. The molecule has 0 radical (unpaired) electrons. The number of hydrogen-bond acceptors (Lipinski definition) is 5. The van der Waals surface area contributed by atoms with Crippen LogP contribution in [0.1, 0.15) is 17.3 Å². The zero-order valence-electron chi connectivity index (χ0n) is 16.1. The van der Waals surface area contributed by atoms with Crippen molar-refractivity contribution in [2.24, 2.45) is 0 Å². The number of rotatable bonds is 6. The summed E-state index contributed by atoms with van der Waals surface area (Å²) in [5, 5.41) is 6.64. The van der Waals surface area contributed by atoms with Gasteiger partial charge in [0.25, 0.3) is 5.91 Å². The van der Waals surface area contributed by atoms with Crippen LogP contribution < -0.4 is 15.5 Å². The minimum Gasteiger partial charge on any atom is -0.353 e. The van der Waals surface area contributed by atoms with Gasteiger partial charge in [-0.3, -0.25) is 14.5 Å². The van der Waals surface area contributed by atoms with Crippen LogP contribution in [0.2, 0.25) is 10.0 Å². The van der Waals surface area contributed by atoms with Crippen molar-refractivity contribution in [3.8, 4) is 0 Å². The third kappa shape index (κ3) is 5.82. The quantitative estimate of drug-likeness (QED) is 0.729. The van der Waals surface area contributed by atoms with Crippen molar-refractivity contribution in [2.75, 3.05) is 49.5 Å². The molecule has 1 aromatic carbocycles. The van der Waals surface area contributed by atoms with E-state index in [1.165, 1.54) is 0 Å². The van der Waals surface area contributed by atoms with E-state index >= 15 is 0 Å². The number of pyridine rings is 1. The highest BCUT2D eigenvalue weighted by atomic mass is 35.5. The van der Waals surface area contributed by atoms with Crippen molar-refractivity contribution in [1.82, 2.24) is 15.2 Å². The van der Waals surface area contributed by atoms with Gasteiger partial charge < -0.3 is 15.5 Å². The Balaban J connectivity index is 1.51. The van der Waals surface area contributed by atoms with Gasteiger partial charge in [0.2, 0.25) is 5.91 Å². The Labute approximate surface area is 180 Å². The average Bonchev–Trinajstić information content (AvgIpc) is 2.69. The smallest absolute Gasteiger partial charge is 0.251 e. The minimum atomic E-state index is -0.158. The maximum Gasteiger partial charge on any atom is 0.251 e. The van der Waals surface area contributed by atoms with Crippen LogP contribution in [0.4, 0.5) is 11.5 Å². The number of nitrogens with one attached hydrogen (secondary N) is 2. The molecule has 1 fully saturated rings. The first-order valence-electron chi connectivity index (χ1n) is 9.42. The molecule has 0 spiro atoms. The third-order valence-corrected chi connectivity index (χ3v) is 5.06. The van der Waals surface area contributed by atoms with Crippen molar-refractivity contribution >= 4 is 46.5 Å². The molecule has 9 heteroatoms. The Bertz CT molecular complexity index is 885. The zero-order valence-corrected chi connectivity index (χ0v) is 17.6. The molecule has 154 valence electrons. The lowest BCUT2D eigenvalue weighted by atomic mass is 10.2. The molecule has 3 rings (SSSR count). The number of carbonyl (C=O) groups excluding carboxylic acids is 2.